The summed E-state index contributed by atoms with van der Waals surface area (Å²) in [6, 6.07) is 1.95. The Balaban J connectivity index is 2.63. The van der Waals surface area contributed by atoms with Crippen molar-refractivity contribution < 1.29 is 4.42 Å². The van der Waals surface area contributed by atoms with Gasteiger partial charge < -0.3 is 9.73 Å². The van der Waals surface area contributed by atoms with Gasteiger partial charge in [0.1, 0.15) is 11.5 Å². The van der Waals surface area contributed by atoms with Crippen molar-refractivity contribution in [2.75, 3.05) is 6.54 Å². The van der Waals surface area contributed by atoms with E-state index < -0.39 is 0 Å². The van der Waals surface area contributed by atoms with E-state index >= 15 is 0 Å². The SMILES string of the molecule is C=CCNC(=S)N/N=C(/C)c1cc(C)oc1C. The first-order valence-electron chi connectivity index (χ1n) is 5.31. The average Bonchev–Trinajstić information content (AvgIpc) is 2.62. The van der Waals surface area contributed by atoms with Crippen molar-refractivity contribution in [1.29, 1.82) is 0 Å². The van der Waals surface area contributed by atoms with Gasteiger partial charge in [-0.1, -0.05) is 6.08 Å². The predicted molar refractivity (Wildman–Crippen MR) is 74.3 cm³/mol. The summed E-state index contributed by atoms with van der Waals surface area (Å²) in [7, 11) is 0. The number of nitrogens with one attached hydrogen (secondary N) is 2. The molecule has 0 atom stereocenters. The molecule has 0 aliphatic heterocycles. The van der Waals surface area contributed by atoms with Gasteiger partial charge in [-0.2, -0.15) is 5.10 Å². The molecule has 0 amide bonds. The van der Waals surface area contributed by atoms with Gasteiger partial charge in [0.05, 0.1) is 5.71 Å². The van der Waals surface area contributed by atoms with Crippen LogP contribution in [0.1, 0.15) is 24.0 Å². The van der Waals surface area contributed by atoms with Gasteiger partial charge in [0, 0.05) is 12.1 Å². The molecule has 1 aromatic heterocycles. The van der Waals surface area contributed by atoms with Crippen LogP contribution in [0.15, 0.2) is 28.2 Å². The summed E-state index contributed by atoms with van der Waals surface area (Å²) in [4.78, 5) is 0. The van der Waals surface area contributed by atoms with Crippen LogP contribution in [-0.4, -0.2) is 17.4 Å². The molecule has 5 heteroatoms. The van der Waals surface area contributed by atoms with Crippen LogP contribution >= 0.6 is 12.2 Å². The number of hydrogen-bond acceptors (Lipinski definition) is 3. The highest BCUT2D eigenvalue weighted by atomic mass is 32.1. The Morgan fingerprint density at radius 3 is 2.82 bits per heavy atom. The highest BCUT2D eigenvalue weighted by Gasteiger charge is 2.07. The Labute approximate surface area is 107 Å². The first-order valence-corrected chi connectivity index (χ1v) is 5.72. The zero-order valence-electron chi connectivity index (χ0n) is 10.3. The van der Waals surface area contributed by atoms with Gasteiger partial charge >= 0.3 is 0 Å². The molecule has 0 unspecified atom stereocenters. The number of furan rings is 1. The lowest BCUT2D eigenvalue weighted by atomic mass is 10.2. The molecule has 17 heavy (non-hydrogen) atoms. The van der Waals surface area contributed by atoms with E-state index in [4.69, 9.17) is 16.6 Å². The van der Waals surface area contributed by atoms with E-state index in [1.54, 1.807) is 6.08 Å². The molecule has 2 N–H and O–H groups in total. The zero-order chi connectivity index (χ0) is 12.8. The number of hydrazone groups is 1. The molecule has 0 radical (unpaired) electrons. The van der Waals surface area contributed by atoms with Gasteiger partial charge in [-0.15, -0.1) is 6.58 Å². The average molecular weight is 251 g/mol. The highest BCUT2D eigenvalue weighted by Crippen LogP contribution is 2.14. The van der Waals surface area contributed by atoms with Gasteiger partial charge in [-0.3, -0.25) is 5.43 Å². The lowest BCUT2D eigenvalue weighted by Crippen LogP contribution is -2.32. The van der Waals surface area contributed by atoms with E-state index in [-0.39, 0.29) is 0 Å². The van der Waals surface area contributed by atoms with Gasteiger partial charge in [0.2, 0.25) is 0 Å². The van der Waals surface area contributed by atoms with E-state index in [2.05, 4.69) is 22.4 Å². The maximum atomic E-state index is 5.44. The lowest BCUT2D eigenvalue weighted by molar-refractivity contribution is 0.504. The summed E-state index contributed by atoms with van der Waals surface area (Å²) in [6.45, 7) is 9.93. The molecule has 0 saturated heterocycles. The van der Waals surface area contributed by atoms with Gasteiger partial charge in [-0.05, 0) is 39.1 Å². The second-order valence-electron chi connectivity index (χ2n) is 3.63. The first kappa shape index (κ1) is 13.4. The van der Waals surface area contributed by atoms with Crippen molar-refractivity contribution in [1.82, 2.24) is 10.7 Å². The number of aryl methyl sites for hydroxylation is 2. The Bertz CT molecular complexity index is 449. The van der Waals surface area contributed by atoms with Crippen LogP contribution in [0.3, 0.4) is 0 Å². The van der Waals surface area contributed by atoms with Crippen molar-refractivity contribution in [3.8, 4) is 0 Å². The second kappa shape index (κ2) is 6.20. The molecule has 0 bridgehead atoms. The van der Waals surface area contributed by atoms with Crippen molar-refractivity contribution in [2.45, 2.75) is 20.8 Å². The first-order chi connectivity index (χ1) is 8.04. The van der Waals surface area contributed by atoms with Crippen LogP contribution in [0.2, 0.25) is 0 Å². The van der Waals surface area contributed by atoms with Gasteiger partial charge in [-0.25, -0.2) is 0 Å². The Morgan fingerprint density at radius 1 is 1.59 bits per heavy atom. The molecule has 0 fully saturated rings. The normalized spacial score (nSPS) is 11.1. The summed E-state index contributed by atoms with van der Waals surface area (Å²) in [6.07, 6.45) is 1.73. The number of rotatable bonds is 4. The van der Waals surface area contributed by atoms with Crippen molar-refractivity contribution in [2.24, 2.45) is 5.10 Å². The fraction of sp³-hybridized carbons (Fsp3) is 0.333. The van der Waals surface area contributed by atoms with Gasteiger partial charge in [0.15, 0.2) is 5.11 Å². The molecular formula is C12H17N3OS. The maximum Gasteiger partial charge on any atom is 0.187 e. The Kier molecular flexibility index (Phi) is 4.90. The molecule has 0 aliphatic rings. The molecule has 0 aromatic carbocycles. The molecule has 1 rings (SSSR count). The minimum atomic E-state index is 0.474. The largest absolute Gasteiger partial charge is 0.466 e. The molecular weight excluding hydrogens is 234 g/mol. The molecule has 1 aromatic rings. The van der Waals surface area contributed by atoms with E-state index in [0.717, 1.165) is 22.8 Å². The Morgan fingerprint density at radius 2 is 2.29 bits per heavy atom. The minimum Gasteiger partial charge on any atom is -0.466 e. The van der Waals surface area contributed by atoms with Crippen LogP contribution in [0.25, 0.3) is 0 Å². The molecule has 0 aliphatic carbocycles. The highest BCUT2D eigenvalue weighted by molar-refractivity contribution is 7.80. The molecule has 0 spiro atoms. The van der Waals surface area contributed by atoms with Crippen LogP contribution in [0, 0.1) is 13.8 Å². The predicted octanol–water partition coefficient (Wildman–Crippen LogP) is 2.27. The van der Waals surface area contributed by atoms with Crippen LogP contribution in [0.4, 0.5) is 0 Å². The summed E-state index contributed by atoms with van der Waals surface area (Å²) < 4.78 is 5.44. The van der Waals surface area contributed by atoms with E-state index in [0.29, 0.717) is 11.7 Å². The number of hydrogen-bond donors (Lipinski definition) is 2. The number of nitrogens with zero attached hydrogens (tertiary/aromatic N) is 1. The summed E-state index contributed by atoms with van der Waals surface area (Å²) in [5.74, 6) is 1.73. The second-order valence-corrected chi connectivity index (χ2v) is 4.04. The molecule has 1 heterocycles. The zero-order valence-corrected chi connectivity index (χ0v) is 11.1. The minimum absolute atomic E-state index is 0.474. The number of thiocarbonyl (C=S) groups is 1. The van der Waals surface area contributed by atoms with Crippen LogP contribution in [-0.2, 0) is 0 Å². The third kappa shape index (κ3) is 4.03. The van der Waals surface area contributed by atoms with Crippen LogP contribution in [0.5, 0.6) is 0 Å². The van der Waals surface area contributed by atoms with Crippen molar-refractivity contribution >= 4 is 23.0 Å². The quantitative estimate of drug-likeness (QED) is 0.373. The third-order valence-corrected chi connectivity index (χ3v) is 2.40. The smallest absolute Gasteiger partial charge is 0.187 e. The summed E-state index contributed by atoms with van der Waals surface area (Å²) in [5.41, 5.74) is 4.59. The standard InChI is InChI=1S/C12H17N3OS/c1-5-6-13-12(17)15-14-9(3)11-7-8(2)16-10(11)4/h5,7H,1,6H2,2-4H3,(H2,13,15,17)/b14-9-. The molecule has 92 valence electrons. The fourth-order valence-corrected chi connectivity index (χ4v) is 1.52. The topological polar surface area (TPSA) is 49.6 Å². The van der Waals surface area contributed by atoms with E-state index in [1.165, 1.54) is 0 Å². The molecule has 0 saturated carbocycles. The Hall–Kier alpha value is -1.62. The summed E-state index contributed by atoms with van der Waals surface area (Å²) >= 11 is 5.03. The van der Waals surface area contributed by atoms with Crippen molar-refractivity contribution in [3.63, 3.8) is 0 Å². The monoisotopic (exact) mass is 251 g/mol. The van der Waals surface area contributed by atoms with Gasteiger partial charge in [0.25, 0.3) is 0 Å². The molecule has 4 nitrogen and oxygen atoms in total. The fourth-order valence-electron chi connectivity index (χ4n) is 1.39. The summed E-state index contributed by atoms with van der Waals surface area (Å²) in [5, 5.41) is 7.59. The third-order valence-electron chi connectivity index (χ3n) is 2.16. The van der Waals surface area contributed by atoms with E-state index in [9.17, 15) is 0 Å². The van der Waals surface area contributed by atoms with Crippen LogP contribution < -0.4 is 10.7 Å². The maximum absolute atomic E-state index is 5.44. The van der Waals surface area contributed by atoms with E-state index in [1.807, 2.05) is 26.8 Å². The lowest BCUT2D eigenvalue weighted by Gasteiger charge is -2.05. The van der Waals surface area contributed by atoms with Crippen molar-refractivity contribution in [3.05, 3.63) is 35.8 Å².